The van der Waals surface area contributed by atoms with Gasteiger partial charge < -0.3 is 10.2 Å². The quantitative estimate of drug-likeness (QED) is 0.647. The van der Waals surface area contributed by atoms with Crippen LogP contribution in [0, 0.1) is 5.92 Å². The van der Waals surface area contributed by atoms with Gasteiger partial charge in [0.1, 0.15) is 0 Å². The molecular formula is C13H29N3O. The second kappa shape index (κ2) is 8.48. The van der Waals surface area contributed by atoms with Crippen LogP contribution in [0.3, 0.4) is 0 Å². The Hall–Kier alpha value is -0.610. The van der Waals surface area contributed by atoms with Gasteiger partial charge in [0, 0.05) is 6.54 Å². The van der Waals surface area contributed by atoms with Gasteiger partial charge in [-0.25, -0.2) is 0 Å². The van der Waals surface area contributed by atoms with Crippen LogP contribution >= 0.6 is 0 Å². The summed E-state index contributed by atoms with van der Waals surface area (Å²) in [6.07, 6.45) is 0.999. The van der Waals surface area contributed by atoms with Gasteiger partial charge in [-0.15, -0.1) is 0 Å². The molecule has 102 valence electrons. The van der Waals surface area contributed by atoms with Gasteiger partial charge in [0.05, 0.1) is 6.04 Å². The van der Waals surface area contributed by atoms with Gasteiger partial charge in [0.15, 0.2) is 0 Å². The minimum absolute atomic E-state index is 0.0145. The third kappa shape index (κ3) is 6.64. The fourth-order valence-corrected chi connectivity index (χ4v) is 1.92. The van der Waals surface area contributed by atoms with E-state index in [0.717, 1.165) is 26.1 Å². The molecule has 1 atom stereocenters. The van der Waals surface area contributed by atoms with E-state index in [2.05, 4.69) is 35.9 Å². The first-order chi connectivity index (χ1) is 7.90. The van der Waals surface area contributed by atoms with Crippen LogP contribution in [-0.2, 0) is 4.79 Å². The zero-order valence-corrected chi connectivity index (χ0v) is 12.3. The molecule has 0 aromatic carbocycles. The Balaban J connectivity index is 4.07. The summed E-state index contributed by atoms with van der Waals surface area (Å²) in [5.74, 6) is 0.497. The normalized spacial score (nSPS) is 13.5. The number of amides is 1. The molecule has 0 aromatic heterocycles. The van der Waals surface area contributed by atoms with Gasteiger partial charge >= 0.3 is 0 Å². The Bertz CT molecular complexity index is 217. The number of carbonyl (C=O) groups is 1. The molecule has 0 spiro atoms. The van der Waals surface area contributed by atoms with E-state index in [1.165, 1.54) is 0 Å². The highest BCUT2D eigenvalue weighted by Gasteiger charge is 2.24. The number of hydrogen-bond acceptors (Lipinski definition) is 3. The van der Waals surface area contributed by atoms with Crippen molar-refractivity contribution in [3.05, 3.63) is 0 Å². The summed E-state index contributed by atoms with van der Waals surface area (Å²) in [7, 11) is 6.09. The summed E-state index contributed by atoms with van der Waals surface area (Å²) in [5.41, 5.74) is 0. The van der Waals surface area contributed by atoms with Gasteiger partial charge in [-0.3, -0.25) is 9.69 Å². The largest absolute Gasteiger partial charge is 0.355 e. The minimum atomic E-state index is -0.0145. The molecule has 0 aliphatic rings. The van der Waals surface area contributed by atoms with E-state index < -0.39 is 0 Å². The molecule has 0 rings (SSSR count). The molecule has 0 heterocycles. The average Bonchev–Trinajstić information content (AvgIpc) is 2.23. The Morgan fingerprint density at radius 3 is 2.24 bits per heavy atom. The summed E-state index contributed by atoms with van der Waals surface area (Å²) < 4.78 is 0. The number of likely N-dealkylation sites (N-methyl/N-ethyl adjacent to an activating group) is 1. The second-order valence-electron chi connectivity index (χ2n) is 5.21. The van der Waals surface area contributed by atoms with Crippen molar-refractivity contribution < 1.29 is 4.79 Å². The molecular weight excluding hydrogens is 214 g/mol. The van der Waals surface area contributed by atoms with E-state index in [0.29, 0.717) is 5.92 Å². The first-order valence-electron chi connectivity index (χ1n) is 6.52. The minimum Gasteiger partial charge on any atom is -0.355 e. The molecule has 0 fully saturated rings. The van der Waals surface area contributed by atoms with E-state index in [1.807, 2.05) is 21.1 Å². The maximum absolute atomic E-state index is 12.1. The van der Waals surface area contributed by atoms with Gasteiger partial charge in [0.2, 0.25) is 5.91 Å². The van der Waals surface area contributed by atoms with Gasteiger partial charge in [-0.05, 0) is 46.6 Å². The Morgan fingerprint density at radius 2 is 1.82 bits per heavy atom. The molecule has 0 aliphatic heterocycles. The van der Waals surface area contributed by atoms with E-state index in [1.54, 1.807) is 0 Å². The Morgan fingerprint density at radius 1 is 1.24 bits per heavy atom. The summed E-state index contributed by atoms with van der Waals surface area (Å²) in [5, 5.41) is 3.03. The number of carbonyl (C=O) groups excluding carboxylic acids is 1. The fourth-order valence-electron chi connectivity index (χ4n) is 1.92. The van der Waals surface area contributed by atoms with Crippen molar-refractivity contribution in [2.75, 3.05) is 40.8 Å². The van der Waals surface area contributed by atoms with E-state index in [4.69, 9.17) is 0 Å². The van der Waals surface area contributed by atoms with E-state index >= 15 is 0 Å². The van der Waals surface area contributed by atoms with Crippen molar-refractivity contribution in [1.82, 2.24) is 15.1 Å². The van der Waals surface area contributed by atoms with Crippen molar-refractivity contribution >= 4 is 5.91 Å². The van der Waals surface area contributed by atoms with Crippen molar-refractivity contribution in [2.45, 2.75) is 33.2 Å². The summed E-state index contributed by atoms with van der Waals surface area (Å²) in [6, 6.07) is -0.0145. The van der Waals surface area contributed by atoms with Crippen molar-refractivity contribution in [1.29, 1.82) is 0 Å². The lowest BCUT2D eigenvalue weighted by Crippen LogP contribution is -2.48. The molecule has 0 aromatic rings. The number of nitrogens with one attached hydrogen (secondary N) is 1. The third-order valence-electron chi connectivity index (χ3n) is 2.96. The molecule has 4 heteroatoms. The lowest BCUT2D eigenvalue weighted by atomic mass is 10.0. The van der Waals surface area contributed by atoms with Crippen LogP contribution in [0.15, 0.2) is 0 Å². The lowest BCUT2D eigenvalue weighted by molar-refractivity contribution is -0.127. The van der Waals surface area contributed by atoms with Crippen LogP contribution < -0.4 is 5.32 Å². The van der Waals surface area contributed by atoms with Gasteiger partial charge in [0.25, 0.3) is 0 Å². The first kappa shape index (κ1) is 16.4. The summed E-state index contributed by atoms with van der Waals surface area (Å²) in [6.45, 7) is 8.93. The molecule has 4 nitrogen and oxygen atoms in total. The Labute approximate surface area is 106 Å². The van der Waals surface area contributed by atoms with Crippen LogP contribution in [-0.4, -0.2) is 62.5 Å². The maximum Gasteiger partial charge on any atom is 0.237 e. The number of hydrogen-bond donors (Lipinski definition) is 1. The highest BCUT2D eigenvalue weighted by molar-refractivity contribution is 5.81. The summed E-state index contributed by atoms with van der Waals surface area (Å²) in [4.78, 5) is 16.3. The van der Waals surface area contributed by atoms with Crippen molar-refractivity contribution in [3.63, 3.8) is 0 Å². The SMILES string of the molecule is CCN(C)C(C(=O)NCCCN(C)C)C(C)C. The standard InChI is InChI=1S/C13H29N3O/c1-7-16(6)12(11(2)3)13(17)14-9-8-10-15(4)5/h11-12H,7-10H2,1-6H3,(H,14,17). The molecule has 0 bridgehead atoms. The molecule has 0 saturated heterocycles. The molecule has 0 aliphatic carbocycles. The number of rotatable bonds is 8. The van der Waals surface area contributed by atoms with E-state index in [-0.39, 0.29) is 11.9 Å². The van der Waals surface area contributed by atoms with Crippen LogP contribution in [0.4, 0.5) is 0 Å². The van der Waals surface area contributed by atoms with Crippen molar-refractivity contribution in [2.24, 2.45) is 5.92 Å². The molecule has 17 heavy (non-hydrogen) atoms. The number of nitrogens with zero attached hydrogens (tertiary/aromatic N) is 2. The van der Waals surface area contributed by atoms with Crippen LogP contribution in [0.2, 0.25) is 0 Å². The topological polar surface area (TPSA) is 35.6 Å². The van der Waals surface area contributed by atoms with E-state index in [9.17, 15) is 4.79 Å². The molecule has 0 saturated carbocycles. The molecule has 1 N–H and O–H groups in total. The van der Waals surface area contributed by atoms with Crippen LogP contribution in [0.25, 0.3) is 0 Å². The monoisotopic (exact) mass is 243 g/mol. The predicted octanol–water partition coefficient (Wildman–Crippen LogP) is 1.03. The van der Waals surface area contributed by atoms with Crippen LogP contribution in [0.1, 0.15) is 27.2 Å². The van der Waals surface area contributed by atoms with Crippen LogP contribution in [0.5, 0.6) is 0 Å². The van der Waals surface area contributed by atoms with Gasteiger partial charge in [-0.2, -0.15) is 0 Å². The molecule has 0 radical (unpaired) electrons. The highest BCUT2D eigenvalue weighted by atomic mass is 16.2. The lowest BCUT2D eigenvalue weighted by Gasteiger charge is -2.29. The smallest absolute Gasteiger partial charge is 0.237 e. The second-order valence-corrected chi connectivity index (χ2v) is 5.21. The maximum atomic E-state index is 12.1. The first-order valence-corrected chi connectivity index (χ1v) is 6.52. The van der Waals surface area contributed by atoms with Crippen molar-refractivity contribution in [3.8, 4) is 0 Å². The average molecular weight is 243 g/mol. The third-order valence-corrected chi connectivity index (χ3v) is 2.96. The Kier molecular flexibility index (Phi) is 8.17. The zero-order chi connectivity index (χ0) is 13.4. The molecule has 1 amide bonds. The summed E-state index contributed by atoms with van der Waals surface area (Å²) >= 11 is 0. The van der Waals surface area contributed by atoms with Gasteiger partial charge in [-0.1, -0.05) is 20.8 Å². The predicted molar refractivity (Wildman–Crippen MR) is 73.1 cm³/mol. The molecule has 1 unspecified atom stereocenters. The highest BCUT2D eigenvalue weighted by Crippen LogP contribution is 2.08. The fraction of sp³-hybridized carbons (Fsp3) is 0.923. The zero-order valence-electron chi connectivity index (χ0n) is 12.3.